The van der Waals surface area contributed by atoms with E-state index in [4.69, 9.17) is 4.94 Å². The van der Waals surface area contributed by atoms with Crippen LogP contribution in [0.1, 0.15) is 26.2 Å². The van der Waals surface area contributed by atoms with Crippen LogP contribution in [0.4, 0.5) is 0 Å². The van der Waals surface area contributed by atoms with Crippen molar-refractivity contribution in [2.24, 2.45) is 5.92 Å². The van der Waals surface area contributed by atoms with E-state index in [1.165, 1.54) is 0 Å². The zero-order valence-electron chi connectivity index (χ0n) is 7.88. The van der Waals surface area contributed by atoms with E-state index in [1.807, 2.05) is 6.92 Å². The van der Waals surface area contributed by atoms with Crippen molar-refractivity contribution in [3.05, 3.63) is 12.7 Å². The third kappa shape index (κ3) is 4.05. The average Bonchev–Trinajstić information content (AvgIpc) is 2.88. The van der Waals surface area contributed by atoms with Crippen LogP contribution in [-0.2, 0) is 9.73 Å². The summed E-state index contributed by atoms with van der Waals surface area (Å²) in [5.41, 5.74) is 5.07. The average molecular weight is 184 g/mol. The summed E-state index contributed by atoms with van der Waals surface area (Å²) in [6, 6.07) is 0.426. The van der Waals surface area contributed by atoms with Crippen LogP contribution in [0.15, 0.2) is 12.7 Å². The van der Waals surface area contributed by atoms with Gasteiger partial charge >= 0.3 is 0 Å². The molecule has 0 aromatic carbocycles. The number of carbonyl (C=O) groups is 1. The Hall–Kier alpha value is -0.870. The van der Waals surface area contributed by atoms with Gasteiger partial charge in [0.05, 0.1) is 0 Å². The number of carbonyl (C=O) groups excluding carboxylic acids is 1. The van der Waals surface area contributed by atoms with Crippen LogP contribution in [0.5, 0.6) is 0 Å². The van der Waals surface area contributed by atoms with Gasteiger partial charge in [-0.3, -0.25) is 4.79 Å². The lowest BCUT2D eigenvalue weighted by Crippen LogP contribution is -2.35. The maximum Gasteiger partial charge on any atom is 0.248 e. The predicted molar refractivity (Wildman–Crippen MR) is 49.4 cm³/mol. The van der Waals surface area contributed by atoms with Crippen LogP contribution < -0.4 is 11.0 Å². The van der Waals surface area contributed by atoms with Gasteiger partial charge in [-0.05, 0) is 19.3 Å². The molecule has 4 nitrogen and oxygen atoms in total. The van der Waals surface area contributed by atoms with E-state index in [0.717, 1.165) is 12.8 Å². The molecule has 1 fully saturated rings. The van der Waals surface area contributed by atoms with Gasteiger partial charge < -0.3 is 0 Å². The Bertz CT molecular complexity index is 190. The van der Waals surface area contributed by atoms with Gasteiger partial charge in [-0.15, -0.1) is 6.58 Å². The SMILES string of the molecule is C=CC[C@H](C)C(=O)NONC1CC1. The maximum absolute atomic E-state index is 11.2. The first-order chi connectivity index (χ1) is 6.24. The van der Waals surface area contributed by atoms with Crippen molar-refractivity contribution in [2.45, 2.75) is 32.2 Å². The number of hydrogen-bond donors (Lipinski definition) is 2. The zero-order chi connectivity index (χ0) is 9.68. The summed E-state index contributed by atoms with van der Waals surface area (Å²) in [5, 5.41) is 0. The molecule has 0 radical (unpaired) electrons. The maximum atomic E-state index is 11.2. The van der Waals surface area contributed by atoms with Crippen molar-refractivity contribution in [1.82, 2.24) is 11.0 Å². The Morgan fingerprint density at radius 1 is 1.77 bits per heavy atom. The summed E-state index contributed by atoms with van der Waals surface area (Å²) in [6.07, 6.45) is 4.63. The number of rotatable bonds is 6. The Balaban J connectivity index is 2.04. The van der Waals surface area contributed by atoms with Gasteiger partial charge in [0.1, 0.15) is 0 Å². The molecule has 1 atom stereocenters. The first kappa shape index (κ1) is 10.2. The van der Waals surface area contributed by atoms with E-state index >= 15 is 0 Å². The molecule has 0 unspecified atom stereocenters. The van der Waals surface area contributed by atoms with Crippen LogP contribution in [0.2, 0.25) is 0 Å². The van der Waals surface area contributed by atoms with Gasteiger partial charge in [-0.1, -0.05) is 13.0 Å². The van der Waals surface area contributed by atoms with E-state index in [2.05, 4.69) is 17.5 Å². The smallest absolute Gasteiger partial charge is 0.248 e. The molecule has 0 spiro atoms. The number of amides is 1. The quantitative estimate of drug-likeness (QED) is 0.476. The summed E-state index contributed by atoms with van der Waals surface area (Å²) in [6.45, 7) is 5.40. The number of hydrogen-bond acceptors (Lipinski definition) is 3. The highest BCUT2D eigenvalue weighted by molar-refractivity contribution is 5.77. The van der Waals surface area contributed by atoms with Crippen molar-refractivity contribution in [1.29, 1.82) is 0 Å². The van der Waals surface area contributed by atoms with Gasteiger partial charge in [0, 0.05) is 12.0 Å². The van der Waals surface area contributed by atoms with Crippen LogP contribution in [0, 0.1) is 5.92 Å². The molecule has 1 aliphatic rings. The van der Waals surface area contributed by atoms with E-state index < -0.39 is 0 Å². The summed E-state index contributed by atoms with van der Waals surface area (Å²) < 4.78 is 0. The molecule has 13 heavy (non-hydrogen) atoms. The van der Waals surface area contributed by atoms with Gasteiger partial charge in [-0.25, -0.2) is 5.48 Å². The number of hydroxylamine groups is 2. The van der Waals surface area contributed by atoms with Crippen LogP contribution >= 0.6 is 0 Å². The largest absolute Gasteiger partial charge is 0.272 e. The minimum absolute atomic E-state index is 0.0847. The van der Waals surface area contributed by atoms with Crippen LogP contribution in [0.25, 0.3) is 0 Å². The minimum atomic E-state index is -0.118. The predicted octanol–water partition coefficient (Wildman–Crippen LogP) is 0.913. The molecule has 1 rings (SSSR count). The molecule has 0 aliphatic heterocycles. The van der Waals surface area contributed by atoms with Crippen molar-refractivity contribution in [3.63, 3.8) is 0 Å². The second kappa shape index (κ2) is 4.99. The van der Waals surface area contributed by atoms with Gasteiger partial charge in [0.25, 0.3) is 0 Å². The highest BCUT2D eigenvalue weighted by Crippen LogP contribution is 2.17. The first-order valence-electron chi connectivity index (χ1n) is 4.56. The molecule has 1 saturated carbocycles. The fraction of sp³-hybridized carbons (Fsp3) is 0.667. The second-order valence-corrected chi connectivity index (χ2v) is 3.39. The molecule has 74 valence electrons. The van der Waals surface area contributed by atoms with E-state index in [9.17, 15) is 4.79 Å². The molecule has 0 aromatic rings. The van der Waals surface area contributed by atoms with E-state index in [1.54, 1.807) is 6.08 Å². The van der Waals surface area contributed by atoms with E-state index in [-0.39, 0.29) is 11.8 Å². The molecule has 0 aromatic heterocycles. The lowest BCUT2D eigenvalue weighted by atomic mass is 10.1. The monoisotopic (exact) mass is 184 g/mol. The molecule has 1 amide bonds. The Kier molecular flexibility index (Phi) is 3.92. The fourth-order valence-electron chi connectivity index (χ4n) is 0.822. The van der Waals surface area contributed by atoms with Crippen molar-refractivity contribution < 1.29 is 9.73 Å². The van der Waals surface area contributed by atoms with Crippen molar-refractivity contribution in [3.8, 4) is 0 Å². The molecule has 1 aliphatic carbocycles. The summed E-state index contributed by atoms with van der Waals surface area (Å²) in [5.74, 6) is -0.202. The highest BCUT2D eigenvalue weighted by atomic mass is 16.8. The third-order valence-corrected chi connectivity index (χ3v) is 1.92. The topological polar surface area (TPSA) is 50.4 Å². The van der Waals surface area contributed by atoms with Crippen molar-refractivity contribution in [2.75, 3.05) is 0 Å². The summed E-state index contributed by atoms with van der Waals surface area (Å²) >= 11 is 0. The van der Waals surface area contributed by atoms with Gasteiger partial charge in [0.2, 0.25) is 5.91 Å². The normalized spacial score (nSPS) is 17.9. The molecule has 0 saturated heterocycles. The van der Waals surface area contributed by atoms with E-state index in [0.29, 0.717) is 12.5 Å². The van der Waals surface area contributed by atoms with Crippen molar-refractivity contribution >= 4 is 5.91 Å². The lowest BCUT2D eigenvalue weighted by molar-refractivity contribution is -0.144. The molecule has 4 heteroatoms. The fourth-order valence-corrected chi connectivity index (χ4v) is 0.822. The second-order valence-electron chi connectivity index (χ2n) is 3.39. The lowest BCUT2D eigenvalue weighted by Gasteiger charge is -2.09. The van der Waals surface area contributed by atoms with Gasteiger partial charge in [-0.2, -0.15) is 10.4 Å². The molecule has 2 N–H and O–H groups in total. The third-order valence-electron chi connectivity index (χ3n) is 1.92. The van der Waals surface area contributed by atoms with Gasteiger partial charge in [0.15, 0.2) is 0 Å². The number of allylic oxidation sites excluding steroid dienone is 1. The molecular formula is C9H16N2O2. The molecule has 0 bridgehead atoms. The standard InChI is InChI=1S/C9H16N2O2/c1-3-4-7(2)9(12)11-13-10-8-5-6-8/h3,7-8,10H,1,4-6H2,2H3,(H,11,12)/t7-/m0/s1. The molecular weight excluding hydrogens is 168 g/mol. The highest BCUT2D eigenvalue weighted by Gasteiger charge is 2.21. The summed E-state index contributed by atoms with van der Waals surface area (Å²) in [4.78, 5) is 16.0. The Labute approximate surface area is 78.2 Å². The Morgan fingerprint density at radius 2 is 2.46 bits per heavy atom. The summed E-state index contributed by atoms with van der Waals surface area (Å²) in [7, 11) is 0. The first-order valence-corrected chi connectivity index (χ1v) is 4.56. The Morgan fingerprint density at radius 3 is 3.00 bits per heavy atom. The van der Waals surface area contributed by atoms with Crippen LogP contribution in [0.3, 0.4) is 0 Å². The molecule has 0 heterocycles. The van der Waals surface area contributed by atoms with Crippen LogP contribution in [-0.4, -0.2) is 11.9 Å². The minimum Gasteiger partial charge on any atom is -0.272 e. The number of nitrogens with one attached hydrogen (secondary N) is 2. The zero-order valence-corrected chi connectivity index (χ0v) is 7.88.